The molecule has 31 heavy (non-hydrogen) atoms. The molecule has 0 saturated heterocycles. The number of anilines is 1. The van der Waals surface area contributed by atoms with Crippen molar-refractivity contribution in [2.45, 2.75) is 33.5 Å². The second kappa shape index (κ2) is 10.8. The van der Waals surface area contributed by atoms with Gasteiger partial charge >= 0.3 is 0 Å². The Labute approximate surface area is 187 Å². The summed E-state index contributed by atoms with van der Waals surface area (Å²) in [5.74, 6) is 1.58. The Morgan fingerprint density at radius 3 is 2.45 bits per heavy atom. The largest absolute Gasteiger partial charge is 0.494 e. The maximum atomic E-state index is 13.0. The Morgan fingerprint density at radius 1 is 1.00 bits per heavy atom. The van der Waals surface area contributed by atoms with Crippen molar-refractivity contribution in [1.82, 2.24) is 0 Å². The Hall–Kier alpha value is -3.02. The van der Waals surface area contributed by atoms with Gasteiger partial charge in [-0.2, -0.15) is 0 Å². The number of hydrogen-bond acceptors (Lipinski definition) is 4. The predicted octanol–water partition coefficient (Wildman–Crippen LogP) is 6.71. The fraction of sp³-hybridized carbons (Fsp3) is 0.240. The molecule has 0 aromatic heterocycles. The number of hydrogen-bond donors (Lipinski definition) is 1. The summed E-state index contributed by atoms with van der Waals surface area (Å²) in [5.41, 5.74) is 1.78. The molecule has 1 amide bonds. The van der Waals surface area contributed by atoms with E-state index < -0.39 is 0 Å². The van der Waals surface area contributed by atoms with Gasteiger partial charge in [0.1, 0.15) is 11.5 Å². The second-order valence-corrected chi connectivity index (χ2v) is 7.56. The molecule has 0 radical (unpaired) electrons. The van der Waals surface area contributed by atoms with Crippen molar-refractivity contribution < 1.29 is 19.0 Å². The fourth-order valence-corrected chi connectivity index (χ4v) is 3.06. The van der Waals surface area contributed by atoms with Crippen molar-refractivity contribution in [3.05, 3.63) is 82.9 Å². The lowest BCUT2D eigenvalue weighted by molar-refractivity contribution is 0.0641. The number of carbonyl (C=O) groups is 1. The first kappa shape index (κ1) is 22.7. The highest BCUT2D eigenvalue weighted by Gasteiger charge is 2.15. The van der Waals surface area contributed by atoms with Crippen molar-refractivity contribution in [3.8, 4) is 17.2 Å². The van der Waals surface area contributed by atoms with E-state index in [1.165, 1.54) is 0 Å². The van der Waals surface area contributed by atoms with Crippen LogP contribution in [0.5, 0.6) is 17.2 Å². The maximum Gasteiger partial charge on any atom is 0.255 e. The highest BCUT2D eigenvalue weighted by atomic mass is 35.5. The quantitative estimate of drug-likeness (QED) is 0.402. The van der Waals surface area contributed by atoms with Crippen LogP contribution < -0.4 is 14.8 Å². The van der Waals surface area contributed by atoms with E-state index >= 15 is 0 Å². The number of carbonyl (C=O) groups excluding carboxylic acids is 1. The zero-order chi connectivity index (χ0) is 22.2. The van der Waals surface area contributed by atoms with E-state index in [9.17, 15) is 4.79 Å². The van der Waals surface area contributed by atoms with Crippen LogP contribution in [0.15, 0.2) is 66.7 Å². The molecule has 0 aliphatic carbocycles. The molecule has 162 valence electrons. The summed E-state index contributed by atoms with van der Waals surface area (Å²) in [4.78, 5) is 13.0. The van der Waals surface area contributed by atoms with Crippen LogP contribution in [0.4, 0.5) is 5.69 Å². The van der Waals surface area contributed by atoms with Gasteiger partial charge in [-0.25, -0.2) is 0 Å². The van der Waals surface area contributed by atoms with Gasteiger partial charge in [-0.15, -0.1) is 0 Å². The van der Waals surface area contributed by atoms with E-state index in [1.54, 1.807) is 36.4 Å². The molecule has 0 spiro atoms. The van der Waals surface area contributed by atoms with Crippen molar-refractivity contribution in [2.24, 2.45) is 0 Å². The van der Waals surface area contributed by atoms with Crippen LogP contribution in [0.1, 0.15) is 36.7 Å². The van der Waals surface area contributed by atoms with Crippen molar-refractivity contribution in [2.75, 3.05) is 11.9 Å². The molecule has 1 N–H and O–H groups in total. The van der Waals surface area contributed by atoms with Gasteiger partial charge in [0.25, 0.3) is 5.91 Å². The molecule has 5 nitrogen and oxygen atoms in total. The van der Waals surface area contributed by atoms with Crippen LogP contribution in [-0.2, 0) is 11.3 Å². The minimum Gasteiger partial charge on any atom is -0.494 e. The number of ether oxygens (including phenoxy) is 3. The monoisotopic (exact) mass is 439 g/mol. The molecule has 0 aliphatic heterocycles. The Bertz CT molecular complexity index is 1020. The molecule has 0 aliphatic rings. The summed E-state index contributed by atoms with van der Waals surface area (Å²) in [6.45, 7) is 6.73. The Morgan fingerprint density at radius 2 is 1.74 bits per heavy atom. The summed E-state index contributed by atoms with van der Waals surface area (Å²) >= 11 is 6.16. The first-order valence-corrected chi connectivity index (χ1v) is 10.5. The summed E-state index contributed by atoms with van der Waals surface area (Å²) in [7, 11) is 0. The minimum absolute atomic E-state index is 0.0658. The highest BCUT2D eigenvalue weighted by molar-refractivity contribution is 6.31. The molecular formula is C25H26ClNO4. The van der Waals surface area contributed by atoms with E-state index in [2.05, 4.69) is 5.32 Å². The van der Waals surface area contributed by atoms with Gasteiger partial charge in [0, 0.05) is 16.1 Å². The van der Waals surface area contributed by atoms with Crippen molar-refractivity contribution in [1.29, 1.82) is 0 Å². The lowest BCUT2D eigenvalue weighted by Gasteiger charge is -2.15. The number of nitrogens with one attached hydrogen (secondary N) is 1. The lowest BCUT2D eigenvalue weighted by atomic mass is 10.1. The van der Waals surface area contributed by atoms with Crippen molar-refractivity contribution >= 4 is 23.2 Å². The average molecular weight is 440 g/mol. The smallest absolute Gasteiger partial charge is 0.255 e. The van der Waals surface area contributed by atoms with Gasteiger partial charge in [0.05, 0.1) is 25.0 Å². The van der Waals surface area contributed by atoms with E-state index in [4.69, 9.17) is 25.8 Å². The molecule has 0 atom stereocenters. The molecule has 0 bridgehead atoms. The third-order valence-electron chi connectivity index (χ3n) is 4.36. The first-order chi connectivity index (χ1) is 15.0. The third-order valence-corrected chi connectivity index (χ3v) is 4.59. The number of halogens is 1. The zero-order valence-corrected chi connectivity index (χ0v) is 18.6. The Balaban J connectivity index is 1.84. The zero-order valence-electron chi connectivity index (χ0n) is 17.9. The molecule has 0 unspecified atom stereocenters. The average Bonchev–Trinajstić information content (AvgIpc) is 2.75. The molecule has 3 aromatic rings. The number of para-hydroxylation sites is 1. The summed E-state index contributed by atoms with van der Waals surface area (Å²) in [6.07, 6.45) is 0.0658. The van der Waals surface area contributed by atoms with Crippen LogP contribution in [-0.4, -0.2) is 18.6 Å². The van der Waals surface area contributed by atoms with Gasteiger partial charge in [0.2, 0.25) is 0 Å². The van der Waals surface area contributed by atoms with Gasteiger partial charge in [-0.3, -0.25) is 4.79 Å². The van der Waals surface area contributed by atoms with Gasteiger partial charge in [-0.05, 0) is 69.3 Å². The maximum absolute atomic E-state index is 13.0. The van der Waals surface area contributed by atoms with Gasteiger partial charge in [0.15, 0.2) is 5.75 Å². The van der Waals surface area contributed by atoms with Crippen LogP contribution in [0.25, 0.3) is 0 Å². The molecule has 0 saturated carbocycles. The molecule has 3 aromatic carbocycles. The lowest BCUT2D eigenvalue weighted by Crippen LogP contribution is -2.14. The normalized spacial score (nSPS) is 10.7. The van der Waals surface area contributed by atoms with Crippen LogP contribution in [0.2, 0.25) is 5.02 Å². The molecular weight excluding hydrogens is 414 g/mol. The summed E-state index contributed by atoms with van der Waals surface area (Å²) in [6, 6.07) is 19.7. The van der Waals surface area contributed by atoms with E-state index in [0.717, 1.165) is 5.56 Å². The molecule has 3 rings (SSSR count). The second-order valence-electron chi connectivity index (χ2n) is 7.12. The van der Waals surface area contributed by atoms with Gasteiger partial charge in [-0.1, -0.05) is 29.8 Å². The number of benzene rings is 3. The van der Waals surface area contributed by atoms with Crippen molar-refractivity contribution in [3.63, 3.8) is 0 Å². The van der Waals surface area contributed by atoms with E-state index in [1.807, 2.05) is 51.1 Å². The minimum atomic E-state index is -0.283. The number of amides is 1. The van der Waals surface area contributed by atoms with Crippen LogP contribution >= 0.6 is 11.6 Å². The molecule has 0 heterocycles. The molecule has 0 fully saturated rings. The van der Waals surface area contributed by atoms with E-state index in [0.29, 0.717) is 46.7 Å². The third kappa shape index (κ3) is 6.48. The SMILES string of the molecule is CCOc1ccc(C(=O)Nc2cc(Cl)ccc2Oc2ccccc2)cc1COC(C)C. The topological polar surface area (TPSA) is 56.8 Å². The standard InChI is InChI=1S/C25H26ClNO4/c1-4-29-23-12-10-18(14-19(23)16-30-17(2)3)25(28)27-22-15-20(26)11-13-24(22)31-21-8-6-5-7-9-21/h5-15,17H,4,16H2,1-3H3,(H,27,28). The summed E-state index contributed by atoms with van der Waals surface area (Å²) < 4.78 is 17.3. The fourth-order valence-electron chi connectivity index (χ4n) is 2.89. The van der Waals surface area contributed by atoms with Crippen LogP contribution in [0, 0.1) is 0 Å². The number of rotatable bonds is 9. The van der Waals surface area contributed by atoms with Crippen LogP contribution in [0.3, 0.4) is 0 Å². The summed E-state index contributed by atoms with van der Waals surface area (Å²) in [5, 5.41) is 3.40. The Kier molecular flexibility index (Phi) is 7.93. The first-order valence-electron chi connectivity index (χ1n) is 10.2. The highest BCUT2D eigenvalue weighted by Crippen LogP contribution is 2.32. The predicted molar refractivity (Wildman–Crippen MR) is 123 cm³/mol. The van der Waals surface area contributed by atoms with Gasteiger partial charge < -0.3 is 19.5 Å². The molecule has 6 heteroatoms. The van der Waals surface area contributed by atoms with E-state index in [-0.39, 0.29) is 12.0 Å².